The molecule has 0 fully saturated rings. The van der Waals surface area contributed by atoms with Gasteiger partial charge in [0, 0.05) is 5.97 Å². The van der Waals surface area contributed by atoms with Crippen LogP contribution in [0.15, 0.2) is 0 Å². The molecule has 0 saturated carbocycles. The number of nitrogens with two attached hydrogens (primary N) is 1. The van der Waals surface area contributed by atoms with Crippen molar-refractivity contribution >= 4 is 11.9 Å². The van der Waals surface area contributed by atoms with Gasteiger partial charge < -0.3 is 9.90 Å². The lowest BCUT2D eigenvalue weighted by Crippen LogP contribution is -2.36. The lowest BCUT2D eigenvalue weighted by molar-refractivity contribution is -0.470. The van der Waals surface area contributed by atoms with Crippen LogP contribution in [0.2, 0.25) is 0 Å². The number of rotatable bonds is 5. The van der Waals surface area contributed by atoms with Crippen molar-refractivity contribution in [1.29, 1.82) is 0 Å². The summed E-state index contributed by atoms with van der Waals surface area (Å²) in [4.78, 5) is 12.2. The summed E-state index contributed by atoms with van der Waals surface area (Å²) in [5, 5.41) is 10.3. The van der Waals surface area contributed by atoms with Gasteiger partial charge in [-0.25, -0.2) is 0 Å². The zero-order valence-electron chi connectivity index (χ0n) is 12.7. The van der Waals surface area contributed by atoms with E-state index in [4.69, 9.17) is 5.73 Å². The number of carboxylic acids is 1. The highest BCUT2D eigenvalue weighted by Gasteiger charge is 2.04. The third-order valence-corrected chi connectivity index (χ3v) is 2.65. The van der Waals surface area contributed by atoms with Crippen LogP contribution in [0, 0.1) is 5.92 Å². The Balaban J connectivity index is 0. The molecule has 0 saturated heterocycles. The van der Waals surface area contributed by atoms with E-state index >= 15 is 0 Å². The van der Waals surface area contributed by atoms with E-state index in [2.05, 4.69) is 6.92 Å². The molecule has 0 radical (unpaired) electrons. The van der Waals surface area contributed by atoms with Crippen molar-refractivity contribution in [1.82, 2.24) is 4.90 Å². The minimum Gasteiger partial charge on any atom is -0.550 e. The lowest BCUT2D eigenvalue weighted by Gasteiger charge is -2.14. The van der Waals surface area contributed by atoms with E-state index in [1.807, 2.05) is 44.6 Å². The predicted molar refractivity (Wildman–Crippen MR) is 73.3 cm³/mol. The lowest BCUT2D eigenvalue weighted by atomic mass is 10.00. The molecule has 2 N–H and O–H groups in total. The summed E-state index contributed by atoms with van der Waals surface area (Å²) in [5.41, 5.74) is 5.53. The second-order valence-corrected chi connectivity index (χ2v) is 4.71. The first-order valence-corrected chi connectivity index (χ1v) is 6.45. The SMILES string of the molecule is CCCCC(CC)C(=O)[O-].CN(C)C(N)=[N+](C)C. The van der Waals surface area contributed by atoms with Crippen LogP contribution < -0.4 is 10.8 Å². The number of carbonyl (C=O) groups is 1. The first-order valence-electron chi connectivity index (χ1n) is 6.45. The summed E-state index contributed by atoms with van der Waals surface area (Å²) in [6, 6.07) is 0. The Hall–Kier alpha value is -1.26. The van der Waals surface area contributed by atoms with Crippen LogP contribution in [0.25, 0.3) is 0 Å². The Morgan fingerprint density at radius 3 is 2.00 bits per heavy atom. The minimum atomic E-state index is -0.893. The smallest absolute Gasteiger partial charge is 0.344 e. The third-order valence-electron chi connectivity index (χ3n) is 2.65. The quantitative estimate of drug-likeness (QED) is 0.431. The second kappa shape index (κ2) is 10.9. The fraction of sp³-hybridized carbons (Fsp3) is 0.846. The highest BCUT2D eigenvalue weighted by Crippen LogP contribution is 2.10. The van der Waals surface area contributed by atoms with E-state index < -0.39 is 5.97 Å². The van der Waals surface area contributed by atoms with E-state index in [0.717, 1.165) is 25.2 Å². The number of carbonyl (C=O) groups excluding carboxylic acids is 1. The standard InChI is InChI=1S/C8H16O2.C5H13N3/c1-3-5-6-7(4-2)8(9)10;1-7(2)5(6)8(3)4/h7H,3-6H2,1-2H3,(H,9,10);6H,1-4H3. The first kappa shape index (κ1) is 19.1. The number of aliphatic carboxylic acids is 1. The predicted octanol–water partition coefficient (Wildman–Crippen LogP) is 0.0875. The molecule has 0 aromatic rings. The molecule has 0 aliphatic carbocycles. The van der Waals surface area contributed by atoms with Crippen molar-refractivity contribution in [2.24, 2.45) is 11.7 Å². The Morgan fingerprint density at radius 1 is 1.33 bits per heavy atom. The van der Waals surface area contributed by atoms with Gasteiger partial charge in [-0.3, -0.25) is 15.2 Å². The van der Waals surface area contributed by atoms with E-state index in [1.165, 1.54) is 0 Å². The molecule has 5 nitrogen and oxygen atoms in total. The van der Waals surface area contributed by atoms with Crippen LogP contribution in [0.1, 0.15) is 39.5 Å². The van der Waals surface area contributed by atoms with E-state index in [1.54, 1.807) is 0 Å². The van der Waals surface area contributed by atoms with Gasteiger partial charge in [0.15, 0.2) is 0 Å². The zero-order chi connectivity index (χ0) is 14.7. The van der Waals surface area contributed by atoms with Crippen LogP contribution >= 0.6 is 0 Å². The molecule has 0 heterocycles. The van der Waals surface area contributed by atoms with Gasteiger partial charge >= 0.3 is 5.96 Å². The van der Waals surface area contributed by atoms with Gasteiger partial charge in [-0.15, -0.1) is 0 Å². The maximum Gasteiger partial charge on any atom is 0.344 e. The molecule has 0 spiro atoms. The molecular formula is C13H29N3O2. The number of carboxylic acid groups (broad SMARTS) is 1. The van der Waals surface area contributed by atoms with Crippen molar-refractivity contribution in [3.63, 3.8) is 0 Å². The van der Waals surface area contributed by atoms with Crippen molar-refractivity contribution in [2.45, 2.75) is 39.5 Å². The number of nitrogens with zero attached hydrogens (tertiary/aromatic N) is 2. The summed E-state index contributed by atoms with van der Waals surface area (Å²) >= 11 is 0. The largest absolute Gasteiger partial charge is 0.550 e. The summed E-state index contributed by atoms with van der Waals surface area (Å²) < 4.78 is 1.86. The molecule has 0 aromatic carbocycles. The van der Waals surface area contributed by atoms with Crippen molar-refractivity contribution in [3.05, 3.63) is 0 Å². The first-order chi connectivity index (χ1) is 8.27. The van der Waals surface area contributed by atoms with Gasteiger partial charge in [0.05, 0.1) is 28.2 Å². The number of hydrogen-bond donors (Lipinski definition) is 1. The molecule has 1 unspecified atom stereocenters. The molecule has 0 bridgehead atoms. The van der Waals surface area contributed by atoms with Crippen molar-refractivity contribution < 1.29 is 14.5 Å². The Kier molecular flexibility index (Phi) is 11.5. The molecule has 18 heavy (non-hydrogen) atoms. The summed E-state index contributed by atoms with van der Waals surface area (Å²) in [6.07, 6.45) is 3.52. The second-order valence-electron chi connectivity index (χ2n) is 4.71. The molecule has 5 heteroatoms. The fourth-order valence-electron chi connectivity index (χ4n) is 1.34. The zero-order valence-corrected chi connectivity index (χ0v) is 12.7. The third kappa shape index (κ3) is 9.93. The van der Waals surface area contributed by atoms with Gasteiger partial charge in [0.25, 0.3) is 0 Å². The Morgan fingerprint density at radius 2 is 1.83 bits per heavy atom. The Labute approximate surface area is 111 Å². The fourth-order valence-corrected chi connectivity index (χ4v) is 1.34. The maximum atomic E-state index is 10.3. The van der Waals surface area contributed by atoms with Gasteiger partial charge in [-0.1, -0.05) is 26.7 Å². The molecule has 1 atom stereocenters. The van der Waals surface area contributed by atoms with Crippen molar-refractivity contribution in [2.75, 3.05) is 28.2 Å². The van der Waals surface area contributed by atoms with Crippen LogP contribution in [0.5, 0.6) is 0 Å². The molecule has 0 aromatic heterocycles. The number of unbranched alkanes of at least 4 members (excludes halogenated alkanes) is 1. The molecule has 0 amide bonds. The topological polar surface area (TPSA) is 72.4 Å². The number of guanidine groups is 1. The van der Waals surface area contributed by atoms with Gasteiger partial charge in [-0.2, -0.15) is 0 Å². The van der Waals surface area contributed by atoms with Gasteiger partial charge in [0.2, 0.25) is 0 Å². The normalized spacial score (nSPS) is 11.0. The highest BCUT2D eigenvalue weighted by atomic mass is 16.4. The van der Waals surface area contributed by atoms with Gasteiger partial charge in [0.1, 0.15) is 0 Å². The van der Waals surface area contributed by atoms with E-state index in [-0.39, 0.29) is 5.92 Å². The maximum absolute atomic E-state index is 10.3. The van der Waals surface area contributed by atoms with Crippen LogP contribution in [-0.4, -0.2) is 49.6 Å². The molecule has 0 rings (SSSR count). The summed E-state index contributed by atoms with van der Waals surface area (Å²) in [5.74, 6) is -0.346. The van der Waals surface area contributed by atoms with E-state index in [0.29, 0.717) is 6.42 Å². The van der Waals surface area contributed by atoms with Crippen LogP contribution in [0.3, 0.4) is 0 Å². The monoisotopic (exact) mass is 259 g/mol. The average Bonchev–Trinajstić information content (AvgIpc) is 2.29. The van der Waals surface area contributed by atoms with Crippen LogP contribution in [0.4, 0.5) is 0 Å². The summed E-state index contributed by atoms with van der Waals surface area (Å²) in [6.45, 7) is 3.94. The van der Waals surface area contributed by atoms with Gasteiger partial charge in [-0.05, 0) is 18.8 Å². The summed E-state index contributed by atoms with van der Waals surface area (Å²) in [7, 11) is 7.65. The highest BCUT2D eigenvalue weighted by molar-refractivity contribution is 5.72. The molecule has 0 aliphatic rings. The minimum absolute atomic E-state index is 0.222. The molecule has 0 aliphatic heterocycles. The Bertz CT molecular complexity index is 259. The molecular weight excluding hydrogens is 230 g/mol. The number of hydrogen-bond acceptors (Lipinski definition) is 2. The van der Waals surface area contributed by atoms with Crippen molar-refractivity contribution in [3.8, 4) is 0 Å². The molecule has 108 valence electrons. The van der Waals surface area contributed by atoms with E-state index in [9.17, 15) is 9.90 Å². The average molecular weight is 259 g/mol. The van der Waals surface area contributed by atoms with Crippen LogP contribution in [-0.2, 0) is 4.79 Å².